The lowest BCUT2D eigenvalue weighted by atomic mass is 10.1. The van der Waals surface area contributed by atoms with E-state index in [2.05, 4.69) is 5.32 Å². The molecule has 0 radical (unpaired) electrons. The molecule has 1 aromatic heterocycles. The lowest BCUT2D eigenvalue weighted by Crippen LogP contribution is -2.33. The molecular weight excluding hydrogens is 341 g/mol. The maximum atomic E-state index is 12.1. The third-order valence-electron chi connectivity index (χ3n) is 3.10. The van der Waals surface area contributed by atoms with Crippen molar-refractivity contribution in [3.05, 3.63) is 52.2 Å². The fraction of sp³-hybridized carbons (Fsp3) is 0.250. The van der Waals surface area contributed by atoms with Gasteiger partial charge in [0.25, 0.3) is 5.91 Å². The van der Waals surface area contributed by atoms with Crippen molar-refractivity contribution < 1.29 is 22.8 Å². The first kappa shape index (κ1) is 18.0. The Hall–Kier alpha value is -2.35. The molecule has 0 aliphatic heterocycles. The van der Waals surface area contributed by atoms with E-state index in [0.29, 0.717) is 18.5 Å². The predicted octanol–water partition coefficient (Wildman–Crippen LogP) is 3.61. The van der Waals surface area contributed by atoms with Crippen LogP contribution < -0.4 is 10.6 Å². The normalized spacial score (nSPS) is 11.1. The van der Waals surface area contributed by atoms with Crippen molar-refractivity contribution in [3.8, 4) is 0 Å². The van der Waals surface area contributed by atoms with E-state index in [1.807, 2.05) is 16.8 Å². The van der Waals surface area contributed by atoms with E-state index in [1.165, 1.54) is 24.3 Å². The molecule has 0 aliphatic rings. The summed E-state index contributed by atoms with van der Waals surface area (Å²) >= 11 is 1.56. The van der Waals surface area contributed by atoms with Gasteiger partial charge in [0.1, 0.15) is 6.54 Å². The van der Waals surface area contributed by atoms with Gasteiger partial charge >= 0.3 is 6.18 Å². The summed E-state index contributed by atoms with van der Waals surface area (Å²) in [6, 6.07) is 7.63. The lowest BCUT2D eigenvalue weighted by Gasteiger charge is -2.09. The average molecular weight is 356 g/mol. The summed E-state index contributed by atoms with van der Waals surface area (Å²) in [6.07, 6.45) is -3.50. The monoisotopic (exact) mass is 356 g/mol. The zero-order valence-electron chi connectivity index (χ0n) is 12.5. The van der Waals surface area contributed by atoms with Crippen LogP contribution in [0.5, 0.6) is 0 Å². The molecule has 128 valence electrons. The standard InChI is InChI=1S/C16H15F3N2O2S/c17-16(18,19)10-20-15(23)12-2-4-13(5-3-12)21-14(22)6-1-11-7-8-24-9-11/h2-5,7-9H,1,6,10H2,(H,20,23)(H,21,22). The van der Waals surface area contributed by atoms with E-state index in [1.54, 1.807) is 16.7 Å². The molecule has 1 aromatic carbocycles. The Kier molecular flexibility index (Phi) is 5.97. The second-order valence-electron chi connectivity index (χ2n) is 5.05. The van der Waals surface area contributed by atoms with Crippen LogP contribution in [0.1, 0.15) is 22.3 Å². The number of aryl methyl sites for hydroxylation is 1. The first-order valence-corrected chi connectivity index (χ1v) is 8.04. The molecule has 2 aromatic rings. The summed E-state index contributed by atoms with van der Waals surface area (Å²) in [7, 11) is 0. The number of amides is 2. The molecule has 0 bridgehead atoms. The topological polar surface area (TPSA) is 58.2 Å². The van der Waals surface area contributed by atoms with Crippen molar-refractivity contribution >= 4 is 28.8 Å². The van der Waals surface area contributed by atoms with Gasteiger partial charge in [0, 0.05) is 17.7 Å². The number of rotatable bonds is 6. The Balaban J connectivity index is 1.82. The minimum absolute atomic E-state index is 0.0931. The molecule has 0 fully saturated rings. The van der Waals surface area contributed by atoms with Crippen LogP contribution in [-0.2, 0) is 11.2 Å². The Morgan fingerprint density at radius 2 is 1.79 bits per heavy atom. The molecule has 2 rings (SSSR count). The highest BCUT2D eigenvalue weighted by Crippen LogP contribution is 2.14. The smallest absolute Gasteiger partial charge is 0.343 e. The molecular formula is C16H15F3N2O2S. The Morgan fingerprint density at radius 3 is 2.38 bits per heavy atom. The molecule has 1 heterocycles. The maximum absolute atomic E-state index is 12.1. The fourth-order valence-corrected chi connectivity index (χ4v) is 2.61. The number of nitrogens with one attached hydrogen (secondary N) is 2. The SMILES string of the molecule is O=C(CCc1ccsc1)Nc1ccc(C(=O)NCC(F)(F)F)cc1. The highest BCUT2D eigenvalue weighted by atomic mass is 32.1. The predicted molar refractivity (Wildman–Crippen MR) is 86.1 cm³/mol. The molecule has 2 N–H and O–H groups in total. The molecule has 0 atom stereocenters. The molecule has 4 nitrogen and oxygen atoms in total. The van der Waals surface area contributed by atoms with Gasteiger partial charge in [0.05, 0.1) is 0 Å². The Labute approximate surface area is 140 Å². The van der Waals surface area contributed by atoms with Crippen LogP contribution in [0.2, 0.25) is 0 Å². The van der Waals surface area contributed by atoms with Crippen LogP contribution in [0.4, 0.5) is 18.9 Å². The van der Waals surface area contributed by atoms with Crippen molar-refractivity contribution in [1.29, 1.82) is 0 Å². The zero-order valence-corrected chi connectivity index (χ0v) is 13.3. The lowest BCUT2D eigenvalue weighted by molar-refractivity contribution is -0.123. The maximum Gasteiger partial charge on any atom is 0.405 e. The summed E-state index contributed by atoms with van der Waals surface area (Å²) in [5.74, 6) is -0.988. The highest BCUT2D eigenvalue weighted by Gasteiger charge is 2.27. The molecule has 2 amide bonds. The third kappa shape index (κ3) is 6.04. The van der Waals surface area contributed by atoms with Gasteiger partial charge in [0.2, 0.25) is 5.91 Å². The number of carbonyl (C=O) groups excluding carboxylic acids is 2. The van der Waals surface area contributed by atoms with Crippen LogP contribution >= 0.6 is 11.3 Å². The first-order valence-electron chi connectivity index (χ1n) is 7.09. The number of alkyl halides is 3. The second-order valence-corrected chi connectivity index (χ2v) is 5.84. The molecule has 0 saturated carbocycles. The zero-order chi connectivity index (χ0) is 17.6. The second kappa shape index (κ2) is 7.96. The molecule has 8 heteroatoms. The molecule has 24 heavy (non-hydrogen) atoms. The number of carbonyl (C=O) groups is 2. The van der Waals surface area contributed by atoms with Crippen molar-refractivity contribution in [2.24, 2.45) is 0 Å². The fourth-order valence-electron chi connectivity index (χ4n) is 1.90. The Morgan fingerprint density at radius 1 is 1.08 bits per heavy atom. The van der Waals surface area contributed by atoms with Crippen LogP contribution in [0.3, 0.4) is 0 Å². The summed E-state index contributed by atoms with van der Waals surface area (Å²) in [4.78, 5) is 23.4. The van der Waals surface area contributed by atoms with Crippen molar-refractivity contribution in [3.63, 3.8) is 0 Å². The van der Waals surface area contributed by atoms with E-state index >= 15 is 0 Å². The minimum atomic E-state index is -4.45. The quantitative estimate of drug-likeness (QED) is 0.831. The summed E-state index contributed by atoms with van der Waals surface area (Å²) in [5, 5.41) is 8.38. The van der Waals surface area contributed by atoms with Gasteiger partial charge in [0.15, 0.2) is 0 Å². The van der Waals surface area contributed by atoms with Crippen molar-refractivity contribution in [2.45, 2.75) is 19.0 Å². The van der Waals surface area contributed by atoms with Gasteiger partial charge in [-0.25, -0.2) is 0 Å². The van der Waals surface area contributed by atoms with Gasteiger partial charge in [-0.15, -0.1) is 0 Å². The van der Waals surface area contributed by atoms with Crippen molar-refractivity contribution in [1.82, 2.24) is 5.32 Å². The highest BCUT2D eigenvalue weighted by molar-refractivity contribution is 7.07. The van der Waals surface area contributed by atoms with Crippen LogP contribution in [0, 0.1) is 0 Å². The molecule has 0 spiro atoms. The number of halogens is 3. The number of thiophene rings is 1. The largest absolute Gasteiger partial charge is 0.405 e. The van der Waals surface area contributed by atoms with Crippen molar-refractivity contribution in [2.75, 3.05) is 11.9 Å². The van der Waals surface area contributed by atoms with Gasteiger partial charge < -0.3 is 10.6 Å². The summed E-state index contributed by atoms with van der Waals surface area (Å²) in [6.45, 7) is -1.38. The number of hydrogen-bond donors (Lipinski definition) is 2. The van der Waals surface area contributed by atoms with Gasteiger partial charge in [-0.3, -0.25) is 9.59 Å². The minimum Gasteiger partial charge on any atom is -0.343 e. The average Bonchev–Trinajstić information content (AvgIpc) is 3.04. The van der Waals surface area contributed by atoms with E-state index in [9.17, 15) is 22.8 Å². The third-order valence-corrected chi connectivity index (χ3v) is 3.83. The number of benzene rings is 1. The number of anilines is 1. The van der Waals surface area contributed by atoms with E-state index in [4.69, 9.17) is 0 Å². The number of hydrogen-bond acceptors (Lipinski definition) is 3. The van der Waals surface area contributed by atoms with Crippen LogP contribution in [0.15, 0.2) is 41.1 Å². The van der Waals surface area contributed by atoms with E-state index in [-0.39, 0.29) is 11.5 Å². The van der Waals surface area contributed by atoms with E-state index in [0.717, 1.165) is 5.56 Å². The van der Waals surface area contributed by atoms with Gasteiger partial charge in [-0.05, 0) is 53.1 Å². The van der Waals surface area contributed by atoms with Crippen LogP contribution in [-0.4, -0.2) is 24.5 Å². The molecule has 0 saturated heterocycles. The molecule has 0 unspecified atom stereocenters. The summed E-state index contributed by atoms with van der Waals surface area (Å²) < 4.78 is 36.2. The Bertz CT molecular complexity index is 682. The molecule has 0 aliphatic carbocycles. The van der Waals surface area contributed by atoms with E-state index < -0.39 is 18.6 Å². The van der Waals surface area contributed by atoms with Gasteiger partial charge in [-0.2, -0.15) is 24.5 Å². The van der Waals surface area contributed by atoms with Gasteiger partial charge in [-0.1, -0.05) is 0 Å². The summed E-state index contributed by atoms with van der Waals surface area (Å²) in [5.41, 5.74) is 1.67. The first-order chi connectivity index (χ1) is 11.3. The van der Waals surface area contributed by atoms with Crippen LogP contribution in [0.25, 0.3) is 0 Å².